The molecule has 29 heavy (non-hydrogen) atoms. The van der Waals surface area contributed by atoms with E-state index in [4.69, 9.17) is 0 Å². The second-order valence-corrected chi connectivity index (χ2v) is 9.42. The number of sulfonamides is 1. The predicted octanol–water partition coefficient (Wildman–Crippen LogP) is 1.02. The summed E-state index contributed by atoms with van der Waals surface area (Å²) < 4.78 is 25.1. The molecule has 4 rings (SSSR count). The van der Waals surface area contributed by atoms with Gasteiger partial charge in [-0.15, -0.1) is 0 Å². The van der Waals surface area contributed by atoms with Crippen LogP contribution in [-0.4, -0.2) is 66.7 Å². The van der Waals surface area contributed by atoms with E-state index < -0.39 is 10.0 Å². The van der Waals surface area contributed by atoms with Crippen LogP contribution >= 0.6 is 0 Å². The molecule has 2 heterocycles. The fourth-order valence-electron chi connectivity index (χ4n) is 4.18. The van der Waals surface area contributed by atoms with Crippen LogP contribution in [-0.2, 0) is 14.8 Å². The minimum Gasteiger partial charge on any atom is -0.394 e. The molecular weight excluding hydrogens is 388 g/mol. The van der Waals surface area contributed by atoms with Gasteiger partial charge in [-0.2, -0.15) is 4.31 Å². The molecule has 0 aliphatic carbocycles. The van der Waals surface area contributed by atoms with Crippen molar-refractivity contribution in [2.45, 2.75) is 18.0 Å². The van der Waals surface area contributed by atoms with Gasteiger partial charge in [0.15, 0.2) is 0 Å². The van der Waals surface area contributed by atoms with E-state index >= 15 is 0 Å². The molecular formula is C22H22N2O4S. The Morgan fingerprint density at radius 3 is 2.24 bits per heavy atom. The third kappa shape index (κ3) is 3.79. The number of rotatable bonds is 3. The van der Waals surface area contributed by atoms with Crippen molar-refractivity contribution in [3.05, 3.63) is 71.3 Å². The van der Waals surface area contributed by atoms with Gasteiger partial charge < -0.3 is 10.0 Å². The summed E-state index contributed by atoms with van der Waals surface area (Å²) in [7, 11) is -3.45. The topological polar surface area (TPSA) is 77.9 Å². The Balaban J connectivity index is 1.56. The number of piperazine rings is 1. The number of amides is 1. The summed E-state index contributed by atoms with van der Waals surface area (Å²) in [4.78, 5) is 14.1. The molecule has 0 spiro atoms. The van der Waals surface area contributed by atoms with Crippen LogP contribution in [0.2, 0.25) is 0 Å². The quantitative estimate of drug-likeness (QED) is 0.767. The zero-order chi connectivity index (χ0) is 20.6. The molecule has 6 nitrogen and oxygen atoms in total. The van der Waals surface area contributed by atoms with Gasteiger partial charge in [0.05, 0.1) is 31.5 Å². The third-order valence-corrected chi connectivity index (χ3v) is 6.83. The monoisotopic (exact) mass is 410 g/mol. The van der Waals surface area contributed by atoms with Crippen molar-refractivity contribution in [2.75, 3.05) is 26.0 Å². The van der Waals surface area contributed by atoms with Gasteiger partial charge in [-0.3, -0.25) is 4.79 Å². The van der Waals surface area contributed by atoms with Gasteiger partial charge in [0, 0.05) is 23.6 Å². The second kappa shape index (κ2) is 7.64. The van der Waals surface area contributed by atoms with Crippen LogP contribution in [0.25, 0.3) is 0 Å². The highest BCUT2D eigenvalue weighted by atomic mass is 32.2. The molecule has 1 amide bonds. The van der Waals surface area contributed by atoms with E-state index in [1.54, 1.807) is 4.90 Å². The number of carbonyl (C=O) groups is 1. The number of aliphatic hydroxyl groups excluding tert-OH is 1. The van der Waals surface area contributed by atoms with Crippen LogP contribution < -0.4 is 0 Å². The summed E-state index contributed by atoms with van der Waals surface area (Å²) in [5.41, 5.74) is 2.78. The Bertz CT molecular complexity index is 1070. The fraction of sp³-hybridized carbons (Fsp3) is 0.318. The zero-order valence-corrected chi connectivity index (χ0v) is 16.8. The predicted molar refractivity (Wildman–Crippen MR) is 110 cm³/mol. The van der Waals surface area contributed by atoms with Crippen molar-refractivity contribution >= 4 is 15.9 Å². The Kier molecular flexibility index (Phi) is 5.17. The smallest absolute Gasteiger partial charge is 0.238 e. The first-order chi connectivity index (χ1) is 13.9. The van der Waals surface area contributed by atoms with Gasteiger partial charge >= 0.3 is 0 Å². The highest BCUT2D eigenvalue weighted by Crippen LogP contribution is 2.43. The maximum atomic E-state index is 12.4. The largest absolute Gasteiger partial charge is 0.394 e. The van der Waals surface area contributed by atoms with Crippen LogP contribution in [0.1, 0.15) is 22.6 Å². The Labute approximate surface area is 170 Å². The van der Waals surface area contributed by atoms with Crippen LogP contribution in [0.4, 0.5) is 0 Å². The van der Waals surface area contributed by atoms with Gasteiger partial charge in [0.1, 0.15) is 0 Å². The number of aliphatic hydroxyl groups is 1. The minimum atomic E-state index is -3.45. The van der Waals surface area contributed by atoms with E-state index in [0.717, 1.165) is 22.9 Å². The molecule has 0 unspecified atom stereocenters. The lowest BCUT2D eigenvalue weighted by Crippen LogP contribution is -2.73. The summed E-state index contributed by atoms with van der Waals surface area (Å²) in [6.45, 7) is -0.0603. The van der Waals surface area contributed by atoms with Crippen LogP contribution in [0.5, 0.6) is 0 Å². The summed E-state index contributed by atoms with van der Waals surface area (Å²) in [6.07, 6.45) is 1.12. The first kappa shape index (κ1) is 19.6. The standard InChI is InChI=1S/C22H22N2O4S/c1-29(27,28)23-13-19-22(20(15-25)24(19)21(26)14-23)18-11-9-17(10-12-18)8-7-16-5-3-2-4-6-16/h2-6,9-12,19-20,22,25H,13-15H2,1H3/t19-,20-,22+/m0/s1. The molecule has 7 heteroatoms. The van der Waals surface area contributed by atoms with E-state index in [2.05, 4.69) is 11.8 Å². The Hall–Kier alpha value is -2.66. The molecule has 2 aromatic rings. The first-order valence-electron chi connectivity index (χ1n) is 9.42. The van der Waals surface area contributed by atoms with Gasteiger partial charge in [-0.25, -0.2) is 8.42 Å². The first-order valence-corrected chi connectivity index (χ1v) is 11.3. The lowest BCUT2D eigenvalue weighted by atomic mass is 9.74. The molecule has 0 bridgehead atoms. The van der Waals surface area contributed by atoms with Crippen LogP contribution in [0, 0.1) is 11.8 Å². The third-order valence-electron chi connectivity index (χ3n) is 5.61. The molecule has 2 aromatic carbocycles. The molecule has 150 valence electrons. The van der Waals surface area contributed by atoms with Crippen LogP contribution in [0.3, 0.4) is 0 Å². The normalized spacial score (nSPS) is 24.3. The van der Waals surface area contributed by atoms with Crippen molar-refractivity contribution < 1.29 is 18.3 Å². The minimum absolute atomic E-state index is 0.107. The average Bonchev–Trinajstić information content (AvgIpc) is 2.69. The molecule has 0 radical (unpaired) electrons. The number of hydrogen-bond acceptors (Lipinski definition) is 4. The van der Waals surface area contributed by atoms with Gasteiger partial charge in [-0.1, -0.05) is 42.2 Å². The highest BCUT2D eigenvalue weighted by Gasteiger charge is 2.54. The van der Waals surface area contributed by atoms with E-state index in [9.17, 15) is 18.3 Å². The van der Waals surface area contributed by atoms with Crippen LogP contribution in [0.15, 0.2) is 54.6 Å². The lowest BCUT2D eigenvalue weighted by Gasteiger charge is -2.58. The number of carbonyl (C=O) groups excluding carboxylic acids is 1. The molecule has 1 N–H and O–H groups in total. The van der Waals surface area contributed by atoms with E-state index in [1.165, 1.54) is 4.31 Å². The molecule has 0 saturated carbocycles. The van der Waals surface area contributed by atoms with Crippen molar-refractivity contribution in [1.82, 2.24) is 9.21 Å². The molecule has 2 fully saturated rings. The maximum Gasteiger partial charge on any atom is 0.238 e. The molecule has 2 aliphatic heterocycles. The van der Waals surface area contributed by atoms with Crippen molar-refractivity contribution in [1.29, 1.82) is 0 Å². The number of fused-ring (bicyclic) bond motifs is 1. The van der Waals surface area contributed by atoms with Gasteiger partial charge in [0.2, 0.25) is 15.9 Å². The van der Waals surface area contributed by atoms with Gasteiger partial charge in [-0.05, 0) is 29.8 Å². The second-order valence-electron chi connectivity index (χ2n) is 7.44. The van der Waals surface area contributed by atoms with Crippen molar-refractivity contribution in [2.24, 2.45) is 0 Å². The average molecular weight is 410 g/mol. The fourth-order valence-corrected chi connectivity index (χ4v) is 4.95. The summed E-state index contributed by atoms with van der Waals surface area (Å²) in [6, 6.07) is 16.9. The number of benzene rings is 2. The molecule has 2 aliphatic rings. The number of hydrogen-bond donors (Lipinski definition) is 1. The summed E-state index contributed by atoms with van der Waals surface area (Å²) in [5, 5.41) is 9.82. The maximum absolute atomic E-state index is 12.4. The highest BCUT2D eigenvalue weighted by molar-refractivity contribution is 7.88. The van der Waals surface area contributed by atoms with Crippen molar-refractivity contribution in [3.63, 3.8) is 0 Å². The lowest BCUT2D eigenvalue weighted by molar-refractivity contribution is -0.158. The van der Waals surface area contributed by atoms with Gasteiger partial charge in [0.25, 0.3) is 0 Å². The molecule has 3 atom stereocenters. The Morgan fingerprint density at radius 2 is 1.66 bits per heavy atom. The van der Waals surface area contributed by atoms with E-state index in [1.807, 2.05) is 54.6 Å². The summed E-state index contributed by atoms with van der Waals surface area (Å²) >= 11 is 0. The molecule has 0 aromatic heterocycles. The van der Waals surface area contributed by atoms with Crippen molar-refractivity contribution in [3.8, 4) is 11.8 Å². The zero-order valence-electron chi connectivity index (χ0n) is 16.0. The molecule has 2 saturated heterocycles. The van der Waals surface area contributed by atoms with E-state index in [-0.39, 0.29) is 43.6 Å². The number of nitrogens with zero attached hydrogens (tertiary/aromatic N) is 2. The Morgan fingerprint density at radius 1 is 1.03 bits per heavy atom. The SMILES string of the molecule is CS(=O)(=O)N1CC(=O)N2[C@@H](CO)[C@H](c3ccc(C#Cc4ccccc4)cc3)[C@@H]2C1. The van der Waals surface area contributed by atoms with E-state index in [0.29, 0.717) is 0 Å². The summed E-state index contributed by atoms with van der Waals surface area (Å²) in [5.74, 6) is 5.88.